The highest BCUT2D eigenvalue weighted by molar-refractivity contribution is 7.89. The molecule has 7 heteroatoms. The van der Waals surface area contributed by atoms with Gasteiger partial charge in [0.2, 0.25) is 0 Å². The highest BCUT2D eigenvalue weighted by Crippen LogP contribution is 2.24. The Balaban J connectivity index is 2.15. The van der Waals surface area contributed by atoms with E-state index in [0.29, 0.717) is 5.92 Å². The third kappa shape index (κ3) is 4.01. The average Bonchev–Trinajstić information content (AvgIpc) is 2.64. The summed E-state index contributed by atoms with van der Waals surface area (Å²) < 4.78 is 27.3. The maximum atomic E-state index is 12.3. The molecule has 0 saturated heterocycles. The van der Waals surface area contributed by atoms with Crippen LogP contribution in [0.2, 0.25) is 0 Å². The van der Waals surface area contributed by atoms with E-state index in [1.54, 1.807) is 0 Å². The molecule has 0 bridgehead atoms. The number of sulfonamides is 1. The van der Waals surface area contributed by atoms with E-state index in [-0.39, 0.29) is 16.6 Å². The molecule has 6 nitrogen and oxygen atoms in total. The number of carboxylic acids is 1. The van der Waals surface area contributed by atoms with Gasteiger partial charge in [0.15, 0.2) is 5.03 Å². The predicted octanol–water partition coefficient (Wildman–Crippen LogP) is 2.03. The molecule has 1 aliphatic carbocycles. The number of carboxylic acid groups (broad SMARTS) is 1. The first-order valence-electron chi connectivity index (χ1n) is 7.12. The lowest BCUT2D eigenvalue weighted by atomic mass is 9.98. The molecule has 2 N–H and O–H groups in total. The summed E-state index contributed by atoms with van der Waals surface area (Å²) in [4.78, 5) is 14.5. The average molecular weight is 312 g/mol. The second-order valence-corrected chi connectivity index (χ2v) is 7.19. The van der Waals surface area contributed by atoms with Gasteiger partial charge in [0.25, 0.3) is 10.0 Å². The van der Waals surface area contributed by atoms with Crippen molar-refractivity contribution in [2.75, 3.05) is 0 Å². The second-order valence-electron chi connectivity index (χ2n) is 5.53. The molecule has 2 unspecified atom stereocenters. The summed E-state index contributed by atoms with van der Waals surface area (Å²) in [6, 6.07) is 2.39. The second kappa shape index (κ2) is 6.53. The molecule has 2 rings (SSSR count). The summed E-state index contributed by atoms with van der Waals surface area (Å²) in [5.41, 5.74) is -0.0308. The molecule has 116 valence electrons. The quantitative estimate of drug-likeness (QED) is 0.829. The molecule has 1 aromatic rings. The first-order chi connectivity index (χ1) is 9.90. The zero-order chi connectivity index (χ0) is 15.5. The zero-order valence-electron chi connectivity index (χ0n) is 11.9. The first kappa shape index (κ1) is 15.9. The smallest absolute Gasteiger partial charge is 0.337 e. The van der Waals surface area contributed by atoms with Gasteiger partial charge in [-0.3, -0.25) is 0 Å². The third-order valence-electron chi connectivity index (χ3n) is 3.93. The fourth-order valence-electron chi connectivity index (χ4n) is 2.59. The molecule has 1 aromatic heterocycles. The van der Waals surface area contributed by atoms with Crippen LogP contribution in [0, 0.1) is 5.92 Å². The molecule has 1 heterocycles. The number of aromatic carboxylic acids is 1. The Labute approximate surface area is 124 Å². The number of nitrogens with one attached hydrogen (secondary N) is 1. The molecule has 1 fully saturated rings. The van der Waals surface area contributed by atoms with E-state index in [0.717, 1.165) is 38.3 Å². The van der Waals surface area contributed by atoms with Crippen LogP contribution in [0.25, 0.3) is 0 Å². The number of aromatic nitrogens is 1. The number of nitrogens with zero attached hydrogens (tertiary/aromatic N) is 1. The van der Waals surface area contributed by atoms with Gasteiger partial charge in [-0.2, -0.15) is 0 Å². The predicted molar refractivity (Wildman–Crippen MR) is 77.6 cm³/mol. The summed E-state index contributed by atoms with van der Waals surface area (Å²) in [6.07, 6.45) is 6.18. The molecule has 0 radical (unpaired) electrons. The minimum Gasteiger partial charge on any atom is -0.478 e. The van der Waals surface area contributed by atoms with Crippen molar-refractivity contribution in [2.45, 2.75) is 50.1 Å². The number of hydrogen-bond acceptors (Lipinski definition) is 4. The van der Waals surface area contributed by atoms with Crippen LogP contribution >= 0.6 is 0 Å². The zero-order valence-corrected chi connectivity index (χ0v) is 12.8. The Morgan fingerprint density at radius 2 is 2.00 bits per heavy atom. The van der Waals surface area contributed by atoms with Gasteiger partial charge in [-0.05, 0) is 30.9 Å². The van der Waals surface area contributed by atoms with Crippen LogP contribution in [-0.2, 0) is 10.0 Å². The Morgan fingerprint density at radius 3 is 2.62 bits per heavy atom. The third-order valence-corrected chi connectivity index (χ3v) is 5.33. The first-order valence-corrected chi connectivity index (χ1v) is 8.60. The fourth-order valence-corrected chi connectivity index (χ4v) is 3.90. The van der Waals surface area contributed by atoms with Gasteiger partial charge in [-0.15, -0.1) is 0 Å². The summed E-state index contributed by atoms with van der Waals surface area (Å²) in [7, 11) is -3.71. The summed E-state index contributed by atoms with van der Waals surface area (Å²) in [5, 5.41) is 8.67. The lowest BCUT2D eigenvalue weighted by Crippen LogP contribution is -2.39. The van der Waals surface area contributed by atoms with Crippen molar-refractivity contribution in [1.82, 2.24) is 9.71 Å². The van der Waals surface area contributed by atoms with Crippen LogP contribution in [0.15, 0.2) is 23.4 Å². The van der Waals surface area contributed by atoms with Gasteiger partial charge in [-0.1, -0.05) is 26.2 Å². The van der Waals surface area contributed by atoms with Gasteiger partial charge >= 0.3 is 5.97 Å². The van der Waals surface area contributed by atoms with Gasteiger partial charge in [0, 0.05) is 12.2 Å². The highest BCUT2D eigenvalue weighted by Gasteiger charge is 2.26. The van der Waals surface area contributed by atoms with Crippen molar-refractivity contribution in [2.24, 2.45) is 5.92 Å². The largest absolute Gasteiger partial charge is 0.478 e. The van der Waals surface area contributed by atoms with Crippen molar-refractivity contribution in [1.29, 1.82) is 0 Å². The van der Waals surface area contributed by atoms with E-state index in [1.807, 2.05) is 0 Å². The van der Waals surface area contributed by atoms with Crippen molar-refractivity contribution in [3.8, 4) is 0 Å². The molecule has 1 saturated carbocycles. The standard InChI is InChI=1S/C14H20N2O4S/c1-10-5-3-2-4-6-12(10)16-21(19,20)13-8-7-11(9-15-13)14(17)18/h7-10,12,16H,2-6H2,1H3,(H,17,18). The Kier molecular flexibility index (Phi) is 4.95. The molecular weight excluding hydrogens is 292 g/mol. The lowest BCUT2D eigenvalue weighted by molar-refractivity contribution is 0.0696. The molecule has 0 spiro atoms. The fraction of sp³-hybridized carbons (Fsp3) is 0.571. The summed E-state index contributed by atoms with van der Waals surface area (Å²) >= 11 is 0. The van der Waals surface area contributed by atoms with Crippen LogP contribution in [0.4, 0.5) is 0 Å². The van der Waals surface area contributed by atoms with E-state index in [4.69, 9.17) is 5.11 Å². The van der Waals surface area contributed by atoms with Crippen LogP contribution in [-0.4, -0.2) is 30.5 Å². The molecule has 0 aliphatic heterocycles. The van der Waals surface area contributed by atoms with E-state index in [2.05, 4.69) is 16.6 Å². The van der Waals surface area contributed by atoms with Crippen molar-refractivity contribution >= 4 is 16.0 Å². The number of rotatable bonds is 4. The van der Waals surface area contributed by atoms with Gasteiger partial charge < -0.3 is 5.11 Å². The van der Waals surface area contributed by atoms with Gasteiger partial charge in [0.1, 0.15) is 0 Å². The molecular formula is C14H20N2O4S. The monoisotopic (exact) mass is 312 g/mol. The molecule has 21 heavy (non-hydrogen) atoms. The molecule has 0 amide bonds. The van der Waals surface area contributed by atoms with Gasteiger partial charge in [0.05, 0.1) is 5.56 Å². The highest BCUT2D eigenvalue weighted by atomic mass is 32.2. The Morgan fingerprint density at radius 1 is 1.29 bits per heavy atom. The maximum Gasteiger partial charge on any atom is 0.337 e. The molecule has 0 aromatic carbocycles. The molecule has 2 atom stereocenters. The Bertz CT molecular complexity index is 598. The van der Waals surface area contributed by atoms with Gasteiger partial charge in [-0.25, -0.2) is 22.9 Å². The van der Waals surface area contributed by atoms with Crippen LogP contribution < -0.4 is 4.72 Å². The van der Waals surface area contributed by atoms with Crippen LogP contribution in [0.1, 0.15) is 49.4 Å². The van der Waals surface area contributed by atoms with Crippen molar-refractivity contribution in [3.05, 3.63) is 23.9 Å². The van der Waals surface area contributed by atoms with Crippen molar-refractivity contribution in [3.63, 3.8) is 0 Å². The minimum atomic E-state index is -3.71. The molecule has 1 aliphatic rings. The summed E-state index contributed by atoms with van der Waals surface area (Å²) in [5.74, 6) is -0.836. The van der Waals surface area contributed by atoms with E-state index >= 15 is 0 Å². The normalized spacial score (nSPS) is 23.5. The van der Waals surface area contributed by atoms with Crippen molar-refractivity contribution < 1.29 is 18.3 Å². The van der Waals surface area contributed by atoms with E-state index < -0.39 is 16.0 Å². The Hall–Kier alpha value is -1.47. The summed E-state index contributed by atoms with van der Waals surface area (Å²) in [6.45, 7) is 2.06. The van der Waals surface area contributed by atoms with Crippen LogP contribution in [0.5, 0.6) is 0 Å². The maximum absolute atomic E-state index is 12.3. The number of pyridine rings is 1. The van der Waals surface area contributed by atoms with E-state index in [1.165, 1.54) is 12.1 Å². The number of carbonyl (C=O) groups is 1. The topological polar surface area (TPSA) is 96.4 Å². The van der Waals surface area contributed by atoms with Crippen LogP contribution in [0.3, 0.4) is 0 Å². The number of hydrogen-bond donors (Lipinski definition) is 2. The SMILES string of the molecule is CC1CCCCCC1NS(=O)(=O)c1ccc(C(=O)O)cn1. The van der Waals surface area contributed by atoms with E-state index in [9.17, 15) is 13.2 Å². The minimum absolute atomic E-state index is 0.0308. The lowest BCUT2D eigenvalue weighted by Gasteiger charge is -2.22.